The minimum absolute atomic E-state index is 0.0825. The number of amides is 1. The number of hydrogen-bond donors (Lipinski definition) is 1. The molecule has 2 heterocycles. The third-order valence-corrected chi connectivity index (χ3v) is 5.04. The Kier molecular flexibility index (Phi) is 6.32. The molecule has 0 saturated heterocycles. The fourth-order valence-electron chi connectivity index (χ4n) is 2.81. The molecule has 0 aliphatic rings. The van der Waals surface area contributed by atoms with Gasteiger partial charge in [-0.1, -0.05) is 0 Å². The highest BCUT2D eigenvalue weighted by atomic mass is 79.9. The number of hydrogen-bond acceptors (Lipinski definition) is 6. The predicted molar refractivity (Wildman–Crippen MR) is 111 cm³/mol. The Balaban J connectivity index is 1.93. The number of aromatic nitrogens is 5. The van der Waals surface area contributed by atoms with Crippen molar-refractivity contribution >= 4 is 21.8 Å². The second-order valence-electron chi connectivity index (χ2n) is 7.46. The summed E-state index contributed by atoms with van der Waals surface area (Å²) >= 11 is 3.23. The summed E-state index contributed by atoms with van der Waals surface area (Å²) in [6.45, 7) is 4.56. The molecule has 0 fully saturated rings. The van der Waals surface area contributed by atoms with Crippen molar-refractivity contribution < 1.29 is 18.0 Å². The summed E-state index contributed by atoms with van der Waals surface area (Å²) in [4.78, 5) is 25.2. The quantitative estimate of drug-likeness (QED) is 0.555. The van der Waals surface area contributed by atoms with Crippen LogP contribution < -0.4 is 5.32 Å². The van der Waals surface area contributed by atoms with Crippen LogP contribution in [-0.2, 0) is 11.6 Å². The number of nitriles is 1. The third-order valence-electron chi connectivity index (χ3n) is 4.63. The molecule has 8 nitrogen and oxygen atoms in total. The average Bonchev–Trinajstić information content (AvgIpc) is 3.23. The van der Waals surface area contributed by atoms with Crippen LogP contribution in [0.1, 0.15) is 54.1 Å². The lowest BCUT2D eigenvalue weighted by molar-refractivity contribution is -0.137. The second-order valence-corrected chi connectivity index (χ2v) is 8.38. The van der Waals surface area contributed by atoms with Crippen LogP contribution in [0.3, 0.4) is 0 Å². The largest absolute Gasteiger partial charge is 0.416 e. The van der Waals surface area contributed by atoms with E-state index in [2.05, 4.69) is 41.3 Å². The number of nitrogens with one attached hydrogen (secondary N) is 1. The Morgan fingerprint density at radius 3 is 2.38 bits per heavy atom. The van der Waals surface area contributed by atoms with Crippen LogP contribution in [0.25, 0.3) is 5.95 Å². The highest BCUT2D eigenvalue weighted by molar-refractivity contribution is 9.10. The van der Waals surface area contributed by atoms with Gasteiger partial charge in [0.15, 0.2) is 5.82 Å². The van der Waals surface area contributed by atoms with Gasteiger partial charge in [0, 0.05) is 18.0 Å². The number of halogens is 4. The van der Waals surface area contributed by atoms with Crippen molar-refractivity contribution in [1.82, 2.24) is 30.0 Å². The van der Waals surface area contributed by atoms with Crippen LogP contribution in [0.15, 0.2) is 41.4 Å². The molecule has 166 valence electrons. The van der Waals surface area contributed by atoms with E-state index in [1.807, 2.05) is 6.07 Å². The Labute approximate surface area is 189 Å². The second kappa shape index (κ2) is 8.66. The van der Waals surface area contributed by atoms with Gasteiger partial charge in [-0.25, -0.2) is 15.0 Å². The molecule has 12 heteroatoms. The third kappa shape index (κ3) is 4.94. The van der Waals surface area contributed by atoms with Crippen molar-refractivity contribution in [2.45, 2.75) is 38.4 Å². The first-order valence-electron chi connectivity index (χ1n) is 9.25. The lowest BCUT2D eigenvalue weighted by Gasteiger charge is -2.20. The molecule has 1 amide bonds. The lowest BCUT2D eigenvalue weighted by atomic mass is 9.84. The fourth-order valence-corrected chi connectivity index (χ4v) is 3.01. The minimum Gasteiger partial charge on any atom is -0.342 e. The maximum absolute atomic E-state index is 13.4. The average molecular weight is 508 g/mol. The van der Waals surface area contributed by atoms with Crippen molar-refractivity contribution in [2.75, 3.05) is 0 Å². The van der Waals surface area contributed by atoms with Crippen molar-refractivity contribution in [3.63, 3.8) is 0 Å². The summed E-state index contributed by atoms with van der Waals surface area (Å²) in [5.41, 5.74) is -2.38. The first kappa shape index (κ1) is 23.3. The van der Waals surface area contributed by atoms with E-state index >= 15 is 0 Å². The highest BCUT2D eigenvalue weighted by Gasteiger charge is 2.34. The Hall–Kier alpha value is -3.33. The van der Waals surface area contributed by atoms with Gasteiger partial charge in [-0.2, -0.15) is 28.2 Å². The van der Waals surface area contributed by atoms with Crippen LogP contribution in [0.4, 0.5) is 13.2 Å². The molecule has 1 unspecified atom stereocenters. The zero-order valence-electron chi connectivity index (χ0n) is 17.1. The van der Waals surface area contributed by atoms with Crippen molar-refractivity contribution in [2.24, 2.45) is 0 Å². The van der Waals surface area contributed by atoms with E-state index in [0.717, 1.165) is 12.1 Å². The van der Waals surface area contributed by atoms with Crippen LogP contribution >= 0.6 is 15.9 Å². The van der Waals surface area contributed by atoms with Crippen molar-refractivity contribution in [1.29, 1.82) is 5.26 Å². The molecular formula is C20H17BrF3N7O. The molecule has 0 aliphatic carbocycles. The molecule has 0 saturated carbocycles. The maximum Gasteiger partial charge on any atom is 0.416 e. The van der Waals surface area contributed by atoms with E-state index in [9.17, 15) is 23.2 Å². The minimum atomic E-state index is -4.68. The van der Waals surface area contributed by atoms with Crippen LogP contribution in [0.2, 0.25) is 0 Å². The SMILES string of the molecule is CC(NC(=O)c1cc(C(F)(F)F)cc(C(C)(C)C#N)c1)c1ncnn1-c1ncc(Br)cn1. The monoisotopic (exact) mass is 507 g/mol. The van der Waals surface area contributed by atoms with Crippen LogP contribution in [0.5, 0.6) is 0 Å². The van der Waals surface area contributed by atoms with Gasteiger partial charge in [0.05, 0.1) is 27.6 Å². The van der Waals surface area contributed by atoms with E-state index in [-0.39, 0.29) is 22.9 Å². The molecule has 2 aromatic heterocycles. The summed E-state index contributed by atoms with van der Waals surface area (Å²) in [5, 5.41) is 16.0. The smallest absolute Gasteiger partial charge is 0.342 e. The van der Waals surface area contributed by atoms with E-state index in [4.69, 9.17) is 0 Å². The van der Waals surface area contributed by atoms with E-state index in [1.165, 1.54) is 43.3 Å². The molecule has 0 radical (unpaired) electrons. The predicted octanol–water partition coefficient (Wildman–Crippen LogP) is 4.13. The summed E-state index contributed by atoms with van der Waals surface area (Å²) in [6.07, 6.45) is -0.404. The van der Waals surface area contributed by atoms with Gasteiger partial charge in [0.1, 0.15) is 6.33 Å². The van der Waals surface area contributed by atoms with Crippen molar-refractivity contribution in [3.8, 4) is 12.0 Å². The molecule has 32 heavy (non-hydrogen) atoms. The molecule has 1 atom stereocenters. The van der Waals surface area contributed by atoms with Gasteiger partial charge in [0.25, 0.3) is 11.9 Å². The summed E-state index contributed by atoms with van der Waals surface area (Å²) in [6, 6.07) is 4.13. The van der Waals surface area contributed by atoms with Crippen LogP contribution in [0, 0.1) is 11.3 Å². The molecular weight excluding hydrogens is 491 g/mol. The van der Waals surface area contributed by atoms with E-state index in [0.29, 0.717) is 4.47 Å². The van der Waals surface area contributed by atoms with Gasteiger partial charge in [-0.15, -0.1) is 0 Å². The number of benzene rings is 1. The normalized spacial score (nSPS) is 12.8. The number of rotatable bonds is 5. The number of nitrogens with zero attached hydrogens (tertiary/aromatic N) is 6. The first-order chi connectivity index (χ1) is 14.9. The Morgan fingerprint density at radius 1 is 1.16 bits per heavy atom. The summed E-state index contributed by atoms with van der Waals surface area (Å²) in [7, 11) is 0. The zero-order chi connectivity index (χ0) is 23.7. The summed E-state index contributed by atoms with van der Waals surface area (Å²) < 4.78 is 42.2. The van der Waals surface area contributed by atoms with Gasteiger partial charge in [0.2, 0.25) is 0 Å². The zero-order valence-corrected chi connectivity index (χ0v) is 18.7. The van der Waals surface area contributed by atoms with Gasteiger partial charge < -0.3 is 5.32 Å². The molecule has 3 aromatic rings. The Bertz CT molecular complexity index is 1180. The van der Waals surface area contributed by atoms with Crippen molar-refractivity contribution in [3.05, 3.63) is 63.9 Å². The Morgan fingerprint density at radius 2 is 1.78 bits per heavy atom. The molecule has 1 aromatic carbocycles. The van der Waals surface area contributed by atoms with Gasteiger partial charge in [-0.05, 0) is 60.5 Å². The molecule has 0 aliphatic heterocycles. The number of carbonyl (C=O) groups excluding carboxylic acids is 1. The topological polar surface area (TPSA) is 109 Å². The van der Waals surface area contributed by atoms with Gasteiger partial charge in [-0.3, -0.25) is 4.79 Å². The molecule has 3 rings (SSSR count). The molecule has 0 bridgehead atoms. The van der Waals surface area contributed by atoms with Crippen LogP contribution in [-0.4, -0.2) is 30.6 Å². The summed E-state index contributed by atoms with van der Waals surface area (Å²) in [5.74, 6) is -0.269. The van der Waals surface area contributed by atoms with E-state index in [1.54, 1.807) is 6.92 Å². The first-order valence-corrected chi connectivity index (χ1v) is 10.0. The standard InChI is InChI=1S/C20H17BrF3N7O/c1-11(16-28-10-29-31(16)18-26-7-15(21)8-27-18)30-17(32)12-4-13(19(2,3)9-25)6-14(5-12)20(22,23)24/h4-8,10-11H,1-3H3,(H,30,32). The molecule has 0 spiro atoms. The maximum atomic E-state index is 13.4. The molecule has 1 N–H and O–H groups in total. The van der Waals surface area contributed by atoms with E-state index < -0.39 is 29.1 Å². The number of carbonyl (C=O) groups is 1. The number of alkyl halides is 3. The highest BCUT2D eigenvalue weighted by Crippen LogP contribution is 2.34. The fraction of sp³-hybridized carbons (Fsp3) is 0.300. The lowest BCUT2D eigenvalue weighted by Crippen LogP contribution is -2.30. The van der Waals surface area contributed by atoms with Gasteiger partial charge >= 0.3 is 6.18 Å².